The lowest BCUT2D eigenvalue weighted by Crippen LogP contribution is -3.13. The third-order valence-electron chi connectivity index (χ3n) is 4.57. The van der Waals surface area contributed by atoms with Gasteiger partial charge in [0.2, 0.25) is 0 Å². The van der Waals surface area contributed by atoms with Gasteiger partial charge in [-0.25, -0.2) is 0 Å². The van der Waals surface area contributed by atoms with Gasteiger partial charge in [0.05, 0.1) is 25.3 Å². The molecular weight excluding hydrogens is 326 g/mol. The van der Waals surface area contributed by atoms with Gasteiger partial charge in [0.15, 0.2) is 6.67 Å². The van der Waals surface area contributed by atoms with Crippen molar-refractivity contribution in [2.24, 2.45) is 11.7 Å². The molecule has 1 fully saturated rings. The van der Waals surface area contributed by atoms with Crippen molar-refractivity contribution in [2.75, 3.05) is 19.7 Å². The van der Waals surface area contributed by atoms with Crippen LogP contribution < -0.4 is 10.6 Å². The number of primary amides is 1. The number of nitrogens with zero attached hydrogens (tertiary/aromatic N) is 1. The molecular formula is C17H26N3O3S+. The Bertz CT molecular complexity index is 699. The molecule has 1 unspecified atom stereocenters. The number of hydrogen-bond acceptors (Lipinski definition) is 4. The van der Waals surface area contributed by atoms with Crippen molar-refractivity contribution < 1.29 is 19.2 Å². The zero-order chi connectivity index (χ0) is 17.9. The Kier molecular flexibility index (Phi) is 6.12. The number of aromatic nitrogens is 1. The van der Waals surface area contributed by atoms with Gasteiger partial charge in [0.25, 0.3) is 5.91 Å². The van der Waals surface area contributed by atoms with E-state index in [-0.39, 0.29) is 11.9 Å². The molecule has 1 aliphatic heterocycles. The van der Waals surface area contributed by atoms with Gasteiger partial charge in [-0.2, -0.15) is 0 Å². The number of carbonyl (C=O) groups is 2. The number of carbonyl (C=O) groups excluding carboxylic acids is 2. The molecule has 3 N–H and O–H groups in total. The van der Waals surface area contributed by atoms with Crippen LogP contribution in [0.2, 0.25) is 0 Å². The van der Waals surface area contributed by atoms with Crippen molar-refractivity contribution in [2.45, 2.75) is 40.3 Å². The largest absolute Gasteiger partial charge is 0.466 e. The number of esters is 1. The number of likely N-dealkylation sites (tertiary alicyclic amines) is 1. The van der Waals surface area contributed by atoms with Gasteiger partial charge < -0.3 is 15.4 Å². The van der Waals surface area contributed by atoms with E-state index in [1.165, 1.54) is 4.90 Å². The first kappa shape index (κ1) is 18.6. The van der Waals surface area contributed by atoms with Crippen molar-refractivity contribution >= 4 is 24.1 Å². The summed E-state index contributed by atoms with van der Waals surface area (Å²) in [4.78, 5) is 24.9. The van der Waals surface area contributed by atoms with Crippen molar-refractivity contribution in [3.63, 3.8) is 0 Å². The highest BCUT2D eigenvalue weighted by molar-refractivity contribution is 7.71. The molecule has 1 amide bonds. The molecule has 0 spiro atoms. The number of nitrogens with one attached hydrogen (secondary N) is 1. The van der Waals surface area contributed by atoms with Crippen LogP contribution in [0.1, 0.15) is 41.4 Å². The summed E-state index contributed by atoms with van der Waals surface area (Å²) in [5, 5.41) is 0. The summed E-state index contributed by atoms with van der Waals surface area (Å²) in [6, 6.07) is 1.93. The zero-order valence-electron chi connectivity index (χ0n) is 14.6. The fourth-order valence-corrected chi connectivity index (χ4v) is 3.87. The van der Waals surface area contributed by atoms with Crippen molar-refractivity contribution in [1.29, 1.82) is 0 Å². The molecule has 0 aliphatic carbocycles. The molecule has 1 aromatic heterocycles. The summed E-state index contributed by atoms with van der Waals surface area (Å²) in [5.41, 5.74) is 7.69. The molecule has 0 radical (unpaired) electrons. The molecule has 0 saturated carbocycles. The van der Waals surface area contributed by atoms with Crippen LogP contribution in [0.4, 0.5) is 0 Å². The Balaban J connectivity index is 2.22. The summed E-state index contributed by atoms with van der Waals surface area (Å²) in [7, 11) is 0. The predicted octanol–water partition coefficient (Wildman–Crippen LogP) is 0.749. The Morgan fingerprint density at radius 2 is 2.17 bits per heavy atom. The van der Waals surface area contributed by atoms with Gasteiger partial charge in [-0.1, -0.05) is 12.2 Å². The summed E-state index contributed by atoms with van der Waals surface area (Å²) >= 11 is 5.49. The number of hydrogen-bond donors (Lipinski definition) is 2. The van der Waals surface area contributed by atoms with Crippen molar-refractivity contribution in [3.8, 4) is 0 Å². The summed E-state index contributed by atoms with van der Waals surface area (Å²) in [6.07, 6.45) is 1.84. The van der Waals surface area contributed by atoms with E-state index in [9.17, 15) is 9.59 Å². The topological polar surface area (TPSA) is 78.8 Å². The average molecular weight is 352 g/mol. The van der Waals surface area contributed by atoms with E-state index in [2.05, 4.69) is 0 Å². The molecule has 24 heavy (non-hydrogen) atoms. The number of amides is 1. The van der Waals surface area contributed by atoms with Gasteiger partial charge in [-0.3, -0.25) is 14.2 Å². The maximum Gasteiger partial charge on any atom is 0.314 e. The molecule has 132 valence electrons. The molecule has 2 atom stereocenters. The smallest absolute Gasteiger partial charge is 0.314 e. The van der Waals surface area contributed by atoms with Gasteiger partial charge in [-0.05, 0) is 45.2 Å². The Morgan fingerprint density at radius 3 is 2.79 bits per heavy atom. The molecule has 6 nitrogen and oxygen atoms in total. The number of pyridine rings is 1. The average Bonchev–Trinajstić information content (AvgIpc) is 2.51. The highest BCUT2D eigenvalue weighted by atomic mass is 32.1. The van der Waals surface area contributed by atoms with E-state index < -0.39 is 5.91 Å². The van der Waals surface area contributed by atoms with Crippen LogP contribution in [0.5, 0.6) is 0 Å². The van der Waals surface area contributed by atoms with Crippen LogP contribution in [-0.4, -0.2) is 36.1 Å². The normalized spacial score (nSPS) is 20.6. The lowest BCUT2D eigenvalue weighted by atomic mass is 9.98. The standard InChI is InChI=1S/C17H25N3O3S/c1-4-23-17(22)13-6-5-7-19(9-13)10-20-12(3)8-11(2)14(15(18)21)16(20)24/h8,13H,4-7,9-10H2,1-3H3,(H2,18,21)/p+1/t13-/m0/s1. The van der Waals surface area contributed by atoms with Gasteiger partial charge in [0.1, 0.15) is 10.6 Å². The van der Waals surface area contributed by atoms with Crippen LogP contribution in [-0.2, 0) is 16.2 Å². The maximum absolute atomic E-state index is 12.0. The third-order valence-corrected chi connectivity index (χ3v) is 5.00. The van der Waals surface area contributed by atoms with Crippen LogP contribution >= 0.6 is 12.2 Å². The number of ether oxygens (including phenoxy) is 1. The second kappa shape index (κ2) is 7.90. The van der Waals surface area contributed by atoms with E-state index in [1.807, 2.05) is 31.4 Å². The summed E-state index contributed by atoms with van der Waals surface area (Å²) < 4.78 is 7.58. The predicted molar refractivity (Wildman–Crippen MR) is 93.3 cm³/mol. The first-order chi connectivity index (χ1) is 11.3. The van der Waals surface area contributed by atoms with E-state index in [4.69, 9.17) is 22.7 Å². The monoisotopic (exact) mass is 352 g/mol. The van der Waals surface area contributed by atoms with Crippen molar-refractivity contribution in [1.82, 2.24) is 4.57 Å². The van der Waals surface area contributed by atoms with E-state index in [1.54, 1.807) is 0 Å². The SMILES string of the molecule is CCOC(=O)[C@H]1CCC[NH+](Cn2c(C)cc(C)c(C(N)=O)c2=S)C1. The number of aryl methyl sites for hydroxylation is 2. The highest BCUT2D eigenvalue weighted by Gasteiger charge is 2.30. The van der Waals surface area contributed by atoms with E-state index in [0.717, 1.165) is 37.2 Å². The highest BCUT2D eigenvalue weighted by Crippen LogP contribution is 2.14. The Labute approximate surface area is 147 Å². The molecule has 1 aromatic rings. The summed E-state index contributed by atoms with van der Waals surface area (Å²) in [6.45, 7) is 8.37. The van der Waals surface area contributed by atoms with E-state index in [0.29, 0.717) is 23.5 Å². The molecule has 7 heteroatoms. The quantitative estimate of drug-likeness (QED) is 0.605. The summed E-state index contributed by atoms with van der Waals surface area (Å²) in [5.74, 6) is -0.676. The minimum atomic E-state index is -0.496. The van der Waals surface area contributed by atoms with Crippen LogP contribution in [0.3, 0.4) is 0 Å². The second-order valence-corrected chi connectivity index (χ2v) is 6.78. The molecule has 2 rings (SSSR count). The molecule has 2 heterocycles. The van der Waals surface area contributed by atoms with Gasteiger partial charge in [0, 0.05) is 5.69 Å². The number of rotatable bonds is 5. The first-order valence-corrected chi connectivity index (χ1v) is 8.77. The third kappa shape index (κ3) is 4.02. The fourth-order valence-electron chi connectivity index (χ4n) is 3.40. The zero-order valence-corrected chi connectivity index (χ0v) is 15.4. The molecule has 1 saturated heterocycles. The first-order valence-electron chi connectivity index (χ1n) is 8.36. The minimum absolute atomic E-state index is 0.0655. The fraction of sp³-hybridized carbons (Fsp3) is 0.588. The van der Waals surface area contributed by atoms with Gasteiger partial charge in [-0.15, -0.1) is 0 Å². The lowest BCUT2D eigenvalue weighted by Gasteiger charge is -2.30. The Hall–Kier alpha value is -1.73. The van der Waals surface area contributed by atoms with Gasteiger partial charge >= 0.3 is 5.97 Å². The maximum atomic E-state index is 12.0. The number of piperidine rings is 1. The van der Waals surface area contributed by atoms with Crippen LogP contribution in [0, 0.1) is 24.4 Å². The number of nitrogens with two attached hydrogens (primary N) is 1. The van der Waals surface area contributed by atoms with Crippen LogP contribution in [0.25, 0.3) is 0 Å². The second-order valence-electron chi connectivity index (χ2n) is 6.39. The van der Waals surface area contributed by atoms with Crippen molar-refractivity contribution in [3.05, 3.63) is 27.5 Å². The Morgan fingerprint density at radius 1 is 1.46 bits per heavy atom. The lowest BCUT2D eigenvalue weighted by molar-refractivity contribution is -0.930. The minimum Gasteiger partial charge on any atom is -0.466 e. The molecule has 0 aromatic carbocycles. The molecule has 1 aliphatic rings. The number of quaternary nitrogens is 1. The molecule has 0 bridgehead atoms. The van der Waals surface area contributed by atoms with E-state index >= 15 is 0 Å². The van der Waals surface area contributed by atoms with Crippen LogP contribution in [0.15, 0.2) is 6.07 Å².